The highest BCUT2D eigenvalue weighted by atomic mass is 35.5. The summed E-state index contributed by atoms with van der Waals surface area (Å²) in [4.78, 5) is 26.8. The van der Waals surface area contributed by atoms with Crippen LogP contribution in [0.4, 0.5) is 5.69 Å². The van der Waals surface area contributed by atoms with Gasteiger partial charge in [-0.25, -0.2) is 0 Å². The van der Waals surface area contributed by atoms with Gasteiger partial charge >= 0.3 is 0 Å². The number of rotatable bonds is 5. The van der Waals surface area contributed by atoms with E-state index in [4.69, 9.17) is 16.3 Å². The van der Waals surface area contributed by atoms with Crippen molar-refractivity contribution in [3.63, 3.8) is 0 Å². The molecule has 1 N–H and O–H groups in total. The monoisotopic (exact) mass is 384 g/mol. The molecule has 5 nitrogen and oxygen atoms in total. The van der Waals surface area contributed by atoms with E-state index in [9.17, 15) is 9.59 Å². The van der Waals surface area contributed by atoms with Crippen molar-refractivity contribution in [3.8, 4) is 5.75 Å². The Kier molecular flexibility index (Phi) is 5.81. The first-order valence-corrected chi connectivity index (χ1v) is 9.21. The fourth-order valence-corrected chi connectivity index (χ4v) is 2.93. The number of nitrogens with one attached hydrogen (secondary N) is 1. The summed E-state index contributed by atoms with van der Waals surface area (Å²) in [6.45, 7) is 3.85. The van der Waals surface area contributed by atoms with E-state index in [0.717, 1.165) is 12.0 Å². The maximum Gasteiger partial charge on any atom is 0.294 e. The van der Waals surface area contributed by atoms with Crippen LogP contribution in [-0.2, 0) is 9.59 Å². The van der Waals surface area contributed by atoms with Crippen molar-refractivity contribution in [3.05, 3.63) is 64.9 Å². The number of carbonyl (C=O) groups is 2. The van der Waals surface area contributed by atoms with E-state index in [1.54, 1.807) is 42.5 Å². The SMILES string of the molecule is CC[C@@H](C)NC(=O)CN1C(=O)/C(=C\c2cccc(Cl)c2)Oc2ccccc21. The Morgan fingerprint density at radius 1 is 1.26 bits per heavy atom. The molecule has 3 rings (SSSR count). The van der Waals surface area contributed by atoms with Gasteiger partial charge < -0.3 is 10.1 Å². The molecule has 0 saturated heterocycles. The Bertz CT molecular complexity index is 895. The Morgan fingerprint density at radius 2 is 2.04 bits per heavy atom. The van der Waals surface area contributed by atoms with Gasteiger partial charge in [-0.05, 0) is 49.2 Å². The van der Waals surface area contributed by atoms with Gasteiger partial charge in [0.2, 0.25) is 5.91 Å². The molecule has 2 amide bonds. The third-order valence-corrected chi connectivity index (χ3v) is 4.53. The Balaban J connectivity index is 1.92. The summed E-state index contributed by atoms with van der Waals surface area (Å²) < 4.78 is 5.80. The number of hydrogen-bond donors (Lipinski definition) is 1. The maximum absolute atomic E-state index is 13.0. The van der Waals surface area contributed by atoms with Crippen molar-refractivity contribution in [2.45, 2.75) is 26.3 Å². The minimum Gasteiger partial charge on any atom is -0.449 e. The molecule has 0 aromatic heterocycles. The van der Waals surface area contributed by atoms with E-state index in [-0.39, 0.29) is 30.2 Å². The summed E-state index contributed by atoms with van der Waals surface area (Å²) in [5.74, 6) is 0.0958. The lowest BCUT2D eigenvalue weighted by Gasteiger charge is -2.30. The van der Waals surface area contributed by atoms with Gasteiger partial charge in [0.1, 0.15) is 6.54 Å². The first kappa shape index (κ1) is 19.0. The predicted octanol–water partition coefficient (Wildman–Crippen LogP) is 4.02. The molecule has 1 atom stereocenters. The van der Waals surface area contributed by atoms with Crippen LogP contribution in [-0.4, -0.2) is 24.4 Å². The van der Waals surface area contributed by atoms with Crippen molar-refractivity contribution < 1.29 is 14.3 Å². The molecule has 0 fully saturated rings. The maximum atomic E-state index is 13.0. The van der Waals surface area contributed by atoms with Crippen molar-refractivity contribution in [2.24, 2.45) is 0 Å². The largest absolute Gasteiger partial charge is 0.449 e. The molecule has 27 heavy (non-hydrogen) atoms. The lowest BCUT2D eigenvalue weighted by Crippen LogP contribution is -2.46. The van der Waals surface area contributed by atoms with Crippen LogP contribution < -0.4 is 15.0 Å². The average molecular weight is 385 g/mol. The van der Waals surface area contributed by atoms with Crippen LogP contribution in [0.5, 0.6) is 5.75 Å². The number of anilines is 1. The van der Waals surface area contributed by atoms with Gasteiger partial charge in [-0.2, -0.15) is 0 Å². The van der Waals surface area contributed by atoms with Crippen molar-refractivity contribution >= 4 is 35.2 Å². The first-order valence-electron chi connectivity index (χ1n) is 8.83. The predicted molar refractivity (Wildman–Crippen MR) is 107 cm³/mol. The van der Waals surface area contributed by atoms with Gasteiger partial charge in [0, 0.05) is 11.1 Å². The third-order valence-electron chi connectivity index (χ3n) is 4.30. The van der Waals surface area contributed by atoms with Gasteiger partial charge in [-0.1, -0.05) is 42.8 Å². The van der Waals surface area contributed by atoms with E-state index >= 15 is 0 Å². The number of para-hydroxylation sites is 2. The van der Waals surface area contributed by atoms with Gasteiger partial charge in [0.15, 0.2) is 11.5 Å². The van der Waals surface area contributed by atoms with Crippen LogP contribution in [0.2, 0.25) is 5.02 Å². The second-order valence-electron chi connectivity index (χ2n) is 6.40. The summed E-state index contributed by atoms with van der Waals surface area (Å²) in [7, 11) is 0. The summed E-state index contributed by atoms with van der Waals surface area (Å²) >= 11 is 6.02. The molecule has 6 heteroatoms. The number of nitrogens with zero attached hydrogens (tertiary/aromatic N) is 1. The summed E-state index contributed by atoms with van der Waals surface area (Å²) in [5, 5.41) is 3.46. The topological polar surface area (TPSA) is 58.6 Å². The molecule has 1 aliphatic heterocycles. The minimum absolute atomic E-state index is 0.0466. The number of ether oxygens (including phenoxy) is 1. The molecule has 1 aliphatic rings. The summed E-state index contributed by atoms with van der Waals surface area (Å²) in [6.07, 6.45) is 2.45. The number of fused-ring (bicyclic) bond motifs is 1. The van der Waals surface area contributed by atoms with Crippen LogP contribution in [0.15, 0.2) is 54.3 Å². The van der Waals surface area contributed by atoms with Crippen LogP contribution >= 0.6 is 11.6 Å². The smallest absolute Gasteiger partial charge is 0.294 e. The van der Waals surface area contributed by atoms with Crippen molar-refractivity contribution in [1.29, 1.82) is 0 Å². The highest BCUT2D eigenvalue weighted by Gasteiger charge is 2.31. The Labute approximate surface area is 163 Å². The Morgan fingerprint density at radius 3 is 2.78 bits per heavy atom. The van der Waals surface area contributed by atoms with Crippen LogP contribution in [0, 0.1) is 0 Å². The molecule has 0 spiro atoms. The van der Waals surface area contributed by atoms with E-state index in [1.165, 1.54) is 4.90 Å². The van der Waals surface area contributed by atoms with Crippen molar-refractivity contribution in [1.82, 2.24) is 5.32 Å². The first-order chi connectivity index (χ1) is 13.0. The fourth-order valence-electron chi connectivity index (χ4n) is 2.73. The molecule has 0 aliphatic carbocycles. The van der Waals surface area contributed by atoms with E-state index < -0.39 is 0 Å². The molecule has 0 saturated carbocycles. The van der Waals surface area contributed by atoms with E-state index in [0.29, 0.717) is 16.5 Å². The van der Waals surface area contributed by atoms with Crippen LogP contribution in [0.25, 0.3) is 6.08 Å². The normalized spacial score (nSPS) is 15.9. The highest BCUT2D eigenvalue weighted by molar-refractivity contribution is 6.30. The van der Waals surface area contributed by atoms with Gasteiger partial charge in [0.25, 0.3) is 5.91 Å². The Hall–Kier alpha value is -2.79. The summed E-state index contributed by atoms with van der Waals surface area (Å²) in [5.41, 5.74) is 1.32. The average Bonchev–Trinajstić information content (AvgIpc) is 2.65. The number of benzene rings is 2. The van der Waals surface area contributed by atoms with E-state index in [2.05, 4.69) is 5.32 Å². The molecule has 0 unspecified atom stereocenters. The number of hydrogen-bond acceptors (Lipinski definition) is 3. The second kappa shape index (κ2) is 8.27. The molecule has 0 radical (unpaired) electrons. The van der Waals surface area contributed by atoms with Gasteiger partial charge in [-0.15, -0.1) is 0 Å². The third kappa shape index (κ3) is 4.49. The lowest BCUT2D eigenvalue weighted by molar-refractivity contribution is -0.123. The van der Waals surface area contributed by atoms with E-state index in [1.807, 2.05) is 26.0 Å². The van der Waals surface area contributed by atoms with Gasteiger partial charge in [0.05, 0.1) is 5.69 Å². The molecule has 2 aromatic rings. The summed E-state index contributed by atoms with van der Waals surface area (Å²) in [6, 6.07) is 14.3. The lowest BCUT2D eigenvalue weighted by atomic mass is 10.1. The van der Waals surface area contributed by atoms with Crippen LogP contribution in [0.3, 0.4) is 0 Å². The highest BCUT2D eigenvalue weighted by Crippen LogP contribution is 2.35. The quantitative estimate of drug-likeness (QED) is 0.792. The fraction of sp³-hybridized carbons (Fsp3) is 0.238. The molecular formula is C21H21ClN2O3. The molecule has 140 valence electrons. The second-order valence-corrected chi connectivity index (χ2v) is 6.84. The zero-order valence-corrected chi connectivity index (χ0v) is 16.0. The molecule has 0 bridgehead atoms. The molecule has 1 heterocycles. The number of amides is 2. The standard InChI is InChI=1S/C21H21ClN2O3/c1-3-14(2)23-20(25)13-24-17-9-4-5-10-18(17)27-19(21(24)26)12-15-7-6-8-16(22)11-15/h4-12,14H,3,13H2,1-2H3,(H,23,25)/b19-12+/t14-/m1/s1. The molecule has 2 aromatic carbocycles. The molecular weight excluding hydrogens is 364 g/mol. The van der Waals surface area contributed by atoms with Gasteiger partial charge in [-0.3, -0.25) is 14.5 Å². The minimum atomic E-state index is -0.368. The zero-order valence-electron chi connectivity index (χ0n) is 15.2. The number of carbonyl (C=O) groups excluding carboxylic acids is 2. The zero-order chi connectivity index (χ0) is 19.4. The number of halogens is 1. The van der Waals surface area contributed by atoms with Crippen molar-refractivity contribution in [2.75, 3.05) is 11.4 Å². The van der Waals surface area contributed by atoms with Crippen LogP contribution in [0.1, 0.15) is 25.8 Å².